The minimum atomic E-state index is -2.12. The molecule has 0 saturated carbocycles. The van der Waals surface area contributed by atoms with Crippen LogP contribution in [0.1, 0.15) is 0 Å². The first-order valence-corrected chi connectivity index (χ1v) is 11.5. The maximum absolute atomic E-state index is 7.77. The van der Waals surface area contributed by atoms with Crippen LogP contribution < -0.4 is 0 Å². The zero-order valence-electron chi connectivity index (χ0n) is 12.6. The molecule has 0 aliphatic carbocycles. The highest BCUT2D eigenvalue weighted by Crippen LogP contribution is 2.36. The van der Waals surface area contributed by atoms with Crippen molar-refractivity contribution in [3.8, 4) is 0 Å². The van der Waals surface area contributed by atoms with Crippen molar-refractivity contribution in [2.75, 3.05) is 11.0 Å². The van der Waals surface area contributed by atoms with Gasteiger partial charge in [-0.05, 0) is 0 Å². The fraction of sp³-hybridized carbons (Fsp3) is 0.727. The molecular weight excluding hydrogens is 668 g/mol. The molecule has 1 heterocycles. The van der Waals surface area contributed by atoms with Crippen molar-refractivity contribution < 1.29 is 14.2 Å². The van der Waals surface area contributed by atoms with Crippen LogP contribution in [0.15, 0.2) is 4.99 Å². The molecule has 1 rings (SSSR count). The Bertz CT molecular complexity index is 603. The second-order valence-electron chi connectivity index (χ2n) is 4.86. The van der Waals surface area contributed by atoms with Gasteiger partial charge in [-0.2, -0.15) is 0 Å². The van der Waals surface area contributed by atoms with E-state index in [1.165, 1.54) is 0 Å². The van der Waals surface area contributed by atoms with Gasteiger partial charge in [0.1, 0.15) is 12.6 Å². The van der Waals surface area contributed by atoms with Crippen molar-refractivity contribution >= 4 is 145 Å². The van der Waals surface area contributed by atoms with E-state index >= 15 is 0 Å². The lowest BCUT2D eigenvalue weighted by atomic mass is 10.1. The number of nitrogens with one attached hydrogen (secondary N) is 2. The number of ether oxygens (including phenoxy) is 3. The second-order valence-corrected chi connectivity index (χ2v) is 12.6. The maximum atomic E-state index is 7.77. The lowest BCUT2D eigenvalue weighted by molar-refractivity contribution is -0.0183. The van der Waals surface area contributed by atoms with Crippen molar-refractivity contribution in [2.24, 2.45) is 4.99 Å². The van der Waals surface area contributed by atoms with Crippen LogP contribution in [0.2, 0.25) is 0 Å². The van der Waals surface area contributed by atoms with Gasteiger partial charge in [-0.25, -0.2) is 4.99 Å². The Morgan fingerprint density at radius 3 is 1.93 bits per heavy atom. The van der Waals surface area contributed by atoms with Crippen molar-refractivity contribution in [1.82, 2.24) is 0 Å². The molecule has 0 fully saturated rings. The van der Waals surface area contributed by atoms with Crippen LogP contribution in [0.3, 0.4) is 0 Å². The third-order valence-corrected chi connectivity index (χ3v) is 5.27. The van der Waals surface area contributed by atoms with Gasteiger partial charge in [0.2, 0.25) is 17.7 Å². The van der Waals surface area contributed by atoms with Gasteiger partial charge in [0.25, 0.3) is 11.4 Å². The molecule has 156 valence electrons. The Labute approximate surface area is 213 Å². The Morgan fingerprint density at radius 2 is 1.52 bits per heavy atom. The molecule has 3 atom stereocenters. The van der Waals surface area contributed by atoms with Crippen LogP contribution in [0.5, 0.6) is 0 Å². The molecule has 6 nitrogen and oxygen atoms in total. The summed E-state index contributed by atoms with van der Waals surface area (Å²) in [6, 6.07) is -0.659. The van der Waals surface area contributed by atoms with Crippen LogP contribution in [0, 0.1) is 10.8 Å². The van der Waals surface area contributed by atoms with Gasteiger partial charge >= 0.3 is 0 Å². The van der Waals surface area contributed by atoms with E-state index < -0.39 is 41.4 Å². The number of nitrogens with zero attached hydrogens (tertiary/aromatic N) is 1. The largest absolute Gasteiger partial charge is 0.474 e. The fourth-order valence-corrected chi connectivity index (χ4v) is 2.98. The van der Waals surface area contributed by atoms with Gasteiger partial charge in [-0.3, -0.25) is 10.8 Å². The molecule has 27 heavy (non-hydrogen) atoms. The maximum Gasteiger partial charge on any atom is 0.266 e. The lowest BCUT2D eigenvalue weighted by Gasteiger charge is -2.37. The summed E-state index contributed by atoms with van der Waals surface area (Å²) in [5.74, 6) is -1.58. The molecule has 1 aliphatic heterocycles. The van der Waals surface area contributed by atoms with E-state index in [-0.39, 0.29) is 12.5 Å². The highest BCUT2D eigenvalue weighted by Gasteiger charge is 2.46. The second kappa shape index (κ2) is 10.4. The van der Waals surface area contributed by atoms with E-state index in [1.54, 1.807) is 0 Å². The number of aliphatic imine (C=N–C) groups is 1. The van der Waals surface area contributed by atoms with E-state index in [1.807, 2.05) is 22.6 Å². The first-order chi connectivity index (χ1) is 12.1. The van der Waals surface area contributed by atoms with E-state index in [2.05, 4.69) is 4.99 Å². The fourth-order valence-electron chi connectivity index (χ4n) is 1.71. The minimum Gasteiger partial charge on any atom is -0.474 e. The number of hydrogen-bond acceptors (Lipinski definition) is 6. The SMILES string of the molecule is N=C(OC[C@@H]1OC(C(Cl)(Cl)Cl)=N[C@H](CI)[C@@H]1OC(=N)C(Cl)(Cl)Cl)C(Cl)(Cl)Cl. The van der Waals surface area contributed by atoms with E-state index in [0.29, 0.717) is 4.43 Å². The molecule has 2 N–H and O–H groups in total. The molecule has 16 heteroatoms. The highest BCUT2D eigenvalue weighted by molar-refractivity contribution is 14.1. The van der Waals surface area contributed by atoms with E-state index in [4.69, 9.17) is 129 Å². The third kappa shape index (κ3) is 8.42. The zero-order chi connectivity index (χ0) is 21.2. The smallest absolute Gasteiger partial charge is 0.266 e. The predicted octanol–water partition coefficient (Wildman–Crippen LogP) is 6.05. The molecule has 0 spiro atoms. The summed E-state index contributed by atoms with van der Waals surface area (Å²) in [5, 5.41) is 15.4. The molecule has 0 amide bonds. The van der Waals surface area contributed by atoms with Gasteiger partial charge in [-0.1, -0.05) is 127 Å². The van der Waals surface area contributed by atoms with E-state index in [9.17, 15) is 0 Å². The number of alkyl halides is 10. The van der Waals surface area contributed by atoms with Crippen molar-refractivity contribution in [3.63, 3.8) is 0 Å². The summed E-state index contributed by atoms with van der Waals surface area (Å²) >= 11 is 53.2. The van der Waals surface area contributed by atoms with Gasteiger partial charge in [0.15, 0.2) is 12.2 Å². The Balaban J connectivity index is 3.12. The summed E-state index contributed by atoms with van der Waals surface area (Å²) in [6.45, 7) is -0.364. The molecular formula is C11H9Cl9IN3O3. The van der Waals surface area contributed by atoms with Gasteiger partial charge < -0.3 is 14.2 Å². The normalized spacial score (nSPS) is 23.9. The Kier molecular flexibility index (Phi) is 10.3. The quantitative estimate of drug-likeness (QED) is 0.164. The van der Waals surface area contributed by atoms with E-state index in [0.717, 1.165) is 0 Å². The van der Waals surface area contributed by atoms with Crippen LogP contribution in [0.25, 0.3) is 0 Å². The van der Waals surface area contributed by atoms with Crippen molar-refractivity contribution in [3.05, 3.63) is 0 Å². The first kappa shape index (κ1) is 26.8. The lowest BCUT2D eigenvalue weighted by Crippen LogP contribution is -2.52. The Morgan fingerprint density at radius 1 is 1.00 bits per heavy atom. The molecule has 0 radical (unpaired) electrons. The van der Waals surface area contributed by atoms with Crippen LogP contribution in [-0.2, 0) is 14.2 Å². The zero-order valence-corrected chi connectivity index (χ0v) is 21.6. The number of halogens is 10. The van der Waals surface area contributed by atoms with Crippen LogP contribution in [-0.4, -0.2) is 58.4 Å². The first-order valence-electron chi connectivity index (χ1n) is 6.56. The topological polar surface area (TPSA) is 87.8 Å². The van der Waals surface area contributed by atoms with Gasteiger partial charge in [0, 0.05) is 4.43 Å². The van der Waals surface area contributed by atoms with Gasteiger partial charge in [0.05, 0.1) is 0 Å². The summed E-state index contributed by atoms with van der Waals surface area (Å²) in [7, 11) is 0. The average molecular weight is 677 g/mol. The molecule has 0 aromatic heterocycles. The summed E-state index contributed by atoms with van der Waals surface area (Å²) in [6.07, 6.45) is -2.02. The predicted molar refractivity (Wildman–Crippen MR) is 122 cm³/mol. The van der Waals surface area contributed by atoms with Crippen molar-refractivity contribution in [1.29, 1.82) is 10.8 Å². The summed E-state index contributed by atoms with van der Waals surface area (Å²) in [4.78, 5) is 4.17. The molecule has 0 bridgehead atoms. The summed E-state index contributed by atoms with van der Waals surface area (Å²) < 4.78 is 10.2. The Hall–Kier alpha value is 1.75. The highest BCUT2D eigenvalue weighted by atomic mass is 127. The van der Waals surface area contributed by atoms with Crippen molar-refractivity contribution in [2.45, 2.75) is 29.6 Å². The van der Waals surface area contributed by atoms with Gasteiger partial charge in [-0.15, -0.1) is 0 Å². The summed E-state index contributed by atoms with van der Waals surface area (Å²) in [5.41, 5.74) is 0. The molecule has 0 aromatic rings. The molecule has 0 aromatic carbocycles. The van der Waals surface area contributed by atoms with Crippen LogP contribution >= 0.6 is 127 Å². The number of rotatable bonds is 4. The third-order valence-electron chi connectivity index (χ3n) is 2.85. The molecule has 0 saturated heterocycles. The van der Waals surface area contributed by atoms with Crippen LogP contribution in [0.4, 0.5) is 0 Å². The minimum absolute atomic E-state index is 0.233. The average Bonchev–Trinajstić information content (AvgIpc) is 2.50. The number of hydrogen-bond donors (Lipinski definition) is 2. The molecule has 1 aliphatic rings. The monoisotopic (exact) mass is 673 g/mol. The standard InChI is InChI=1S/C11H9Cl9IN3O3/c12-9(13,14)6(22)25-2-4-5(27-7(23)10(15,16)17)3(1-21)24-8(26-4)11(18,19)20/h3-5,22-23H,1-2H2/t3-,4+,5+/m1/s1. The molecule has 0 unspecified atom stereocenters.